The highest BCUT2D eigenvalue weighted by atomic mass is 16.2. The fraction of sp³-hybridized carbons (Fsp3) is 0.100. The molecule has 130 valence electrons. The Labute approximate surface area is 151 Å². The summed E-state index contributed by atoms with van der Waals surface area (Å²) >= 11 is 0. The molecule has 0 bridgehead atoms. The van der Waals surface area contributed by atoms with Crippen LogP contribution in [-0.2, 0) is 6.54 Å². The van der Waals surface area contributed by atoms with Crippen LogP contribution in [0.3, 0.4) is 0 Å². The zero-order valence-electron chi connectivity index (χ0n) is 14.3. The van der Waals surface area contributed by atoms with E-state index in [0.717, 1.165) is 11.1 Å². The molecular formula is C20H18N4O2. The first kappa shape index (κ1) is 17.3. The molecule has 0 saturated carbocycles. The molecule has 0 atom stereocenters. The smallest absolute Gasteiger partial charge is 0.274 e. The number of hydrogen-bond donors (Lipinski definition) is 2. The lowest BCUT2D eigenvalue weighted by Crippen LogP contribution is -2.25. The summed E-state index contributed by atoms with van der Waals surface area (Å²) in [6, 6.07) is 15.9. The predicted octanol–water partition coefficient (Wildman–Crippen LogP) is 2.97. The third kappa shape index (κ3) is 4.51. The third-order valence-electron chi connectivity index (χ3n) is 3.73. The largest absolute Gasteiger partial charge is 0.347 e. The third-order valence-corrected chi connectivity index (χ3v) is 3.73. The zero-order chi connectivity index (χ0) is 18.4. The second-order valence-electron chi connectivity index (χ2n) is 5.77. The second-order valence-corrected chi connectivity index (χ2v) is 5.77. The number of aryl methyl sites for hydroxylation is 1. The minimum absolute atomic E-state index is 0.183. The molecular weight excluding hydrogens is 328 g/mol. The van der Waals surface area contributed by atoms with Gasteiger partial charge in [-0.2, -0.15) is 0 Å². The summed E-state index contributed by atoms with van der Waals surface area (Å²) in [6.45, 7) is 2.34. The average molecular weight is 346 g/mol. The monoisotopic (exact) mass is 346 g/mol. The molecule has 0 aliphatic rings. The summed E-state index contributed by atoms with van der Waals surface area (Å²) in [7, 11) is 0. The van der Waals surface area contributed by atoms with Crippen LogP contribution in [0, 0.1) is 6.92 Å². The lowest BCUT2D eigenvalue weighted by atomic mass is 10.2. The number of carbonyl (C=O) groups is 2. The van der Waals surface area contributed by atoms with Crippen molar-refractivity contribution < 1.29 is 9.59 Å². The molecule has 0 radical (unpaired) electrons. The van der Waals surface area contributed by atoms with Gasteiger partial charge in [-0.1, -0.05) is 23.8 Å². The molecule has 0 unspecified atom stereocenters. The number of carbonyl (C=O) groups excluding carboxylic acids is 2. The molecule has 1 aromatic carbocycles. The Hall–Kier alpha value is -3.54. The molecule has 0 fully saturated rings. The summed E-state index contributed by atoms with van der Waals surface area (Å²) < 4.78 is 0. The molecule has 6 nitrogen and oxygen atoms in total. The molecule has 0 aliphatic heterocycles. The normalized spacial score (nSPS) is 10.2. The van der Waals surface area contributed by atoms with Crippen molar-refractivity contribution in [3.63, 3.8) is 0 Å². The van der Waals surface area contributed by atoms with E-state index in [-0.39, 0.29) is 23.2 Å². The van der Waals surface area contributed by atoms with Crippen LogP contribution in [0.25, 0.3) is 0 Å². The number of benzene rings is 1. The number of hydrogen-bond acceptors (Lipinski definition) is 4. The first-order valence-electron chi connectivity index (χ1n) is 8.14. The van der Waals surface area contributed by atoms with Gasteiger partial charge >= 0.3 is 0 Å². The fourth-order valence-corrected chi connectivity index (χ4v) is 2.29. The van der Waals surface area contributed by atoms with Crippen LogP contribution in [-0.4, -0.2) is 21.8 Å². The van der Waals surface area contributed by atoms with Crippen LogP contribution in [0.5, 0.6) is 0 Å². The Morgan fingerprint density at radius 3 is 2.23 bits per heavy atom. The van der Waals surface area contributed by atoms with Gasteiger partial charge < -0.3 is 10.6 Å². The Balaban J connectivity index is 1.66. The molecule has 2 heterocycles. The minimum Gasteiger partial charge on any atom is -0.347 e. The van der Waals surface area contributed by atoms with Gasteiger partial charge in [-0.3, -0.25) is 14.6 Å². The number of aromatic nitrogens is 2. The van der Waals surface area contributed by atoms with Gasteiger partial charge in [-0.15, -0.1) is 0 Å². The van der Waals surface area contributed by atoms with Gasteiger partial charge in [0.1, 0.15) is 11.4 Å². The number of amides is 2. The minimum atomic E-state index is -0.363. The molecule has 26 heavy (non-hydrogen) atoms. The van der Waals surface area contributed by atoms with Crippen LogP contribution in [0.2, 0.25) is 0 Å². The molecule has 3 rings (SSSR count). The first-order chi connectivity index (χ1) is 12.6. The van der Waals surface area contributed by atoms with Crippen molar-refractivity contribution in [3.05, 3.63) is 89.5 Å². The maximum atomic E-state index is 12.3. The Bertz CT molecular complexity index is 909. The Morgan fingerprint density at radius 1 is 0.885 bits per heavy atom. The van der Waals surface area contributed by atoms with Crippen LogP contribution in [0.4, 0.5) is 5.69 Å². The lowest BCUT2D eigenvalue weighted by molar-refractivity contribution is 0.0945. The number of pyridine rings is 2. The summed E-state index contributed by atoms with van der Waals surface area (Å²) in [5, 5.41) is 5.55. The number of anilines is 1. The van der Waals surface area contributed by atoms with Crippen molar-refractivity contribution in [2.75, 3.05) is 5.32 Å². The van der Waals surface area contributed by atoms with Crippen LogP contribution < -0.4 is 10.6 Å². The van der Waals surface area contributed by atoms with E-state index in [1.807, 2.05) is 43.3 Å². The summed E-state index contributed by atoms with van der Waals surface area (Å²) in [5.41, 5.74) is 3.09. The summed E-state index contributed by atoms with van der Waals surface area (Å²) in [5.74, 6) is -0.704. The van der Waals surface area contributed by atoms with E-state index >= 15 is 0 Å². The summed E-state index contributed by atoms with van der Waals surface area (Å²) in [4.78, 5) is 32.7. The predicted molar refractivity (Wildman–Crippen MR) is 98.8 cm³/mol. The van der Waals surface area contributed by atoms with Gasteiger partial charge in [0.05, 0.1) is 0 Å². The van der Waals surface area contributed by atoms with Crippen molar-refractivity contribution in [1.82, 2.24) is 15.3 Å². The van der Waals surface area contributed by atoms with Crippen LogP contribution >= 0.6 is 0 Å². The maximum absolute atomic E-state index is 12.3. The first-order valence-corrected chi connectivity index (χ1v) is 8.14. The topological polar surface area (TPSA) is 84.0 Å². The van der Waals surface area contributed by atoms with Crippen LogP contribution in [0.1, 0.15) is 32.1 Å². The van der Waals surface area contributed by atoms with E-state index in [9.17, 15) is 9.59 Å². The van der Waals surface area contributed by atoms with Crippen molar-refractivity contribution in [3.8, 4) is 0 Å². The van der Waals surface area contributed by atoms with Crippen molar-refractivity contribution in [2.24, 2.45) is 0 Å². The highest BCUT2D eigenvalue weighted by Gasteiger charge is 2.12. The van der Waals surface area contributed by atoms with Gasteiger partial charge in [0, 0.05) is 24.6 Å². The second kappa shape index (κ2) is 8.02. The maximum Gasteiger partial charge on any atom is 0.274 e. The standard InChI is InChI=1S/C20H18N4O2/c1-14-5-7-16(8-6-14)23-20(26)18-4-2-3-17(24-18)19(25)22-13-15-9-11-21-12-10-15/h2-12H,13H2,1H3,(H,22,25)(H,23,26). The Morgan fingerprint density at radius 2 is 1.54 bits per heavy atom. The fourth-order valence-electron chi connectivity index (χ4n) is 2.29. The van der Waals surface area contributed by atoms with Gasteiger partial charge in [0.25, 0.3) is 11.8 Å². The van der Waals surface area contributed by atoms with Crippen molar-refractivity contribution >= 4 is 17.5 Å². The van der Waals surface area contributed by atoms with Crippen LogP contribution in [0.15, 0.2) is 67.0 Å². The van der Waals surface area contributed by atoms with E-state index in [4.69, 9.17) is 0 Å². The van der Waals surface area contributed by atoms with Gasteiger partial charge in [-0.05, 0) is 48.9 Å². The molecule has 2 aromatic heterocycles. The highest BCUT2D eigenvalue weighted by molar-refractivity contribution is 6.03. The van der Waals surface area contributed by atoms with E-state index < -0.39 is 0 Å². The highest BCUT2D eigenvalue weighted by Crippen LogP contribution is 2.10. The van der Waals surface area contributed by atoms with Crippen molar-refractivity contribution in [2.45, 2.75) is 13.5 Å². The van der Waals surface area contributed by atoms with E-state index in [1.54, 1.807) is 30.6 Å². The molecule has 0 aliphatic carbocycles. The SMILES string of the molecule is Cc1ccc(NC(=O)c2cccc(C(=O)NCc3ccncc3)n2)cc1. The quantitative estimate of drug-likeness (QED) is 0.744. The molecule has 6 heteroatoms. The van der Waals surface area contributed by atoms with Gasteiger partial charge in [0.15, 0.2) is 0 Å². The van der Waals surface area contributed by atoms with E-state index in [2.05, 4.69) is 20.6 Å². The summed E-state index contributed by atoms with van der Waals surface area (Å²) in [6.07, 6.45) is 3.32. The van der Waals surface area contributed by atoms with Gasteiger partial charge in [-0.25, -0.2) is 4.98 Å². The number of nitrogens with zero attached hydrogens (tertiary/aromatic N) is 2. The van der Waals surface area contributed by atoms with Gasteiger partial charge in [0.2, 0.25) is 0 Å². The zero-order valence-corrected chi connectivity index (χ0v) is 14.3. The molecule has 3 aromatic rings. The molecule has 2 amide bonds. The number of nitrogens with one attached hydrogen (secondary N) is 2. The molecule has 0 saturated heterocycles. The van der Waals surface area contributed by atoms with E-state index in [1.165, 1.54) is 0 Å². The van der Waals surface area contributed by atoms with Crippen molar-refractivity contribution in [1.29, 1.82) is 0 Å². The Kier molecular flexibility index (Phi) is 5.34. The molecule has 0 spiro atoms. The lowest BCUT2D eigenvalue weighted by Gasteiger charge is -2.07. The number of rotatable bonds is 5. The van der Waals surface area contributed by atoms with E-state index in [0.29, 0.717) is 12.2 Å². The average Bonchev–Trinajstić information content (AvgIpc) is 2.69. The molecule has 2 N–H and O–H groups in total.